The van der Waals surface area contributed by atoms with Gasteiger partial charge in [-0.15, -0.1) is 0 Å². The van der Waals surface area contributed by atoms with Gasteiger partial charge in [0.25, 0.3) is 5.91 Å². The number of methoxy groups -OCH3 is 2. The molecule has 0 bridgehead atoms. The molecule has 3 aromatic heterocycles. The standard InChI is InChI=1S/C23H25N7O3S/c1-32-16-7-8-17(18(13-16)33-2)27-22(31)19-14-26-23(34-19)29-21-6-3-5-20(28-21)25-9-4-11-30-12-10-24-15-30/h3,5-8,10,12-15H,4,9,11H2,1-2H3,(H,27,31)(H2,25,26,28,29). The van der Waals surface area contributed by atoms with E-state index < -0.39 is 0 Å². The number of hydrogen-bond acceptors (Lipinski definition) is 9. The summed E-state index contributed by atoms with van der Waals surface area (Å²) < 4.78 is 12.6. The molecule has 1 amide bonds. The van der Waals surface area contributed by atoms with Gasteiger partial charge in [0.15, 0.2) is 5.13 Å². The van der Waals surface area contributed by atoms with Gasteiger partial charge in [-0.3, -0.25) is 4.79 Å². The van der Waals surface area contributed by atoms with E-state index in [9.17, 15) is 4.79 Å². The molecular weight excluding hydrogens is 454 g/mol. The summed E-state index contributed by atoms with van der Waals surface area (Å²) in [6.45, 7) is 1.67. The van der Waals surface area contributed by atoms with Gasteiger partial charge < -0.3 is 30.0 Å². The summed E-state index contributed by atoms with van der Waals surface area (Å²) in [5, 5.41) is 9.89. The third-order valence-corrected chi connectivity index (χ3v) is 5.74. The van der Waals surface area contributed by atoms with Crippen molar-refractivity contribution in [3.8, 4) is 11.5 Å². The molecule has 4 aromatic rings. The highest BCUT2D eigenvalue weighted by atomic mass is 32.1. The smallest absolute Gasteiger partial charge is 0.267 e. The van der Waals surface area contributed by atoms with Gasteiger partial charge >= 0.3 is 0 Å². The first kappa shape index (κ1) is 23.1. The number of ether oxygens (including phenoxy) is 2. The minimum Gasteiger partial charge on any atom is -0.497 e. The number of nitrogens with one attached hydrogen (secondary N) is 3. The molecule has 11 heteroatoms. The molecule has 176 valence electrons. The van der Waals surface area contributed by atoms with Gasteiger partial charge in [-0.2, -0.15) is 0 Å². The van der Waals surface area contributed by atoms with Crippen molar-refractivity contribution in [1.29, 1.82) is 0 Å². The monoisotopic (exact) mass is 479 g/mol. The van der Waals surface area contributed by atoms with E-state index in [0.29, 0.717) is 33.0 Å². The lowest BCUT2D eigenvalue weighted by Crippen LogP contribution is -2.11. The number of aryl methyl sites for hydroxylation is 1. The molecule has 1 aromatic carbocycles. The van der Waals surface area contributed by atoms with E-state index in [1.165, 1.54) is 24.6 Å². The minimum absolute atomic E-state index is 0.282. The maximum Gasteiger partial charge on any atom is 0.267 e. The number of benzene rings is 1. The first-order valence-electron chi connectivity index (χ1n) is 10.6. The molecule has 3 heterocycles. The fourth-order valence-electron chi connectivity index (χ4n) is 3.13. The van der Waals surface area contributed by atoms with Crippen LogP contribution in [-0.4, -0.2) is 46.2 Å². The van der Waals surface area contributed by atoms with Crippen LogP contribution in [0.2, 0.25) is 0 Å². The molecule has 0 aliphatic carbocycles. The fraction of sp³-hybridized carbons (Fsp3) is 0.217. The van der Waals surface area contributed by atoms with Crippen LogP contribution >= 0.6 is 11.3 Å². The summed E-state index contributed by atoms with van der Waals surface area (Å²) in [6.07, 6.45) is 7.99. The summed E-state index contributed by atoms with van der Waals surface area (Å²) in [7, 11) is 3.11. The number of carbonyl (C=O) groups is 1. The number of thiazole rings is 1. The summed E-state index contributed by atoms with van der Waals surface area (Å²) in [6, 6.07) is 10.9. The second-order valence-corrected chi connectivity index (χ2v) is 8.19. The molecular formula is C23H25N7O3S. The maximum atomic E-state index is 12.7. The number of hydrogen-bond donors (Lipinski definition) is 3. The molecule has 0 saturated heterocycles. The summed E-state index contributed by atoms with van der Waals surface area (Å²) in [4.78, 5) is 26.1. The van der Waals surface area contributed by atoms with Crippen molar-refractivity contribution in [3.63, 3.8) is 0 Å². The Hall–Kier alpha value is -4.12. The average Bonchev–Trinajstić information content (AvgIpc) is 3.55. The Bertz CT molecular complexity index is 1230. The number of pyridine rings is 1. The van der Waals surface area contributed by atoms with E-state index in [-0.39, 0.29) is 5.91 Å². The van der Waals surface area contributed by atoms with Crippen molar-refractivity contribution in [2.45, 2.75) is 13.0 Å². The molecule has 0 aliphatic rings. The lowest BCUT2D eigenvalue weighted by atomic mass is 10.2. The first-order valence-corrected chi connectivity index (χ1v) is 11.4. The average molecular weight is 480 g/mol. The van der Waals surface area contributed by atoms with Crippen LogP contribution in [0.3, 0.4) is 0 Å². The van der Waals surface area contributed by atoms with Crippen LogP contribution < -0.4 is 25.4 Å². The Morgan fingerprint density at radius 3 is 2.82 bits per heavy atom. The highest BCUT2D eigenvalue weighted by Gasteiger charge is 2.14. The molecule has 0 atom stereocenters. The maximum absolute atomic E-state index is 12.7. The van der Waals surface area contributed by atoms with Crippen LogP contribution in [0.25, 0.3) is 0 Å². The van der Waals surface area contributed by atoms with Crippen molar-refractivity contribution in [2.24, 2.45) is 0 Å². The van der Waals surface area contributed by atoms with E-state index in [0.717, 1.165) is 25.3 Å². The van der Waals surface area contributed by atoms with E-state index >= 15 is 0 Å². The topological polar surface area (TPSA) is 115 Å². The third kappa shape index (κ3) is 6.01. The molecule has 3 N–H and O–H groups in total. The number of imidazole rings is 1. The van der Waals surface area contributed by atoms with E-state index in [4.69, 9.17) is 9.47 Å². The molecule has 0 aliphatic heterocycles. The zero-order valence-corrected chi connectivity index (χ0v) is 19.6. The van der Waals surface area contributed by atoms with Crippen molar-refractivity contribution in [1.82, 2.24) is 19.5 Å². The zero-order valence-electron chi connectivity index (χ0n) is 18.8. The molecule has 0 saturated carbocycles. The van der Waals surface area contributed by atoms with Crippen molar-refractivity contribution in [3.05, 3.63) is 66.2 Å². The fourth-order valence-corrected chi connectivity index (χ4v) is 3.85. The minimum atomic E-state index is -0.282. The van der Waals surface area contributed by atoms with Crippen LogP contribution in [0, 0.1) is 0 Å². The summed E-state index contributed by atoms with van der Waals surface area (Å²) in [5.41, 5.74) is 0.546. The Labute approximate surface area is 201 Å². The largest absolute Gasteiger partial charge is 0.497 e. The van der Waals surface area contributed by atoms with Gasteiger partial charge in [0, 0.05) is 31.5 Å². The normalized spacial score (nSPS) is 10.5. The number of carbonyl (C=O) groups excluding carboxylic acids is 1. The van der Waals surface area contributed by atoms with Crippen LogP contribution in [0.4, 0.5) is 22.5 Å². The summed E-state index contributed by atoms with van der Waals surface area (Å²) in [5.74, 6) is 2.26. The molecule has 0 spiro atoms. The van der Waals surface area contributed by atoms with Gasteiger partial charge in [0.2, 0.25) is 0 Å². The quantitative estimate of drug-likeness (QED) is 0.274. The van der Waals surface area contributed by atoms with Crippen molar-refractivity contribution < 1.29 is 14.3 Å². The number of amides is 1. The Morgan fingerprint density at radius 1 is 1.15 bits per heavy atom. The second-order valence-electron chi connectivity index (χ2n) is 7.16. The number of anilines is 4. The zero-order chi connectivity index (χ0) is 23.8. The molecule has 4 rings (SSSR count). The van der Waals surface area contributed by atoms with Crippen LogP contribution in [0.5, 0.6) is 11.5 Å². The number of rotatable bonds is 11. The van der Waals surface area contributed by atoms with E-state index in [1.54, 1.807) is 37.8 Å². The van der Waals surface area contributed by atoms with Gasteiger partial charge in [0.05, 0.1) is 32.4 Å². The van der Waals surface area contributed by atoms with Gasteiger partial charge in [-0.25, -0.2) is 15.0 Å². The van der Waals surface area contributed by atoms with Gasteiger partial charge in [-0.1, -0.05) is 17.4 Å². The Morgan fingerprint density at radius 2 is 2.03 bits per heavy atom. The summed E-state index contributed by atoms with van der Waals surface area (Å²) >= 11 is 1.23. The SMILES string of the molecule is COc1ccc(NC(=O)c2cnc(Nc3cccc(NCCCn4ccnc4)n3)s2)c(OC)c1. The molecule has 0 radical (unpaired) electrons. The highest BCUT2D eigenvalue weighted by Crippen LogP contribution is 2.30. The predicted molar refractivity (Wildman–Crippen MR) is 132 cm³/mol. The predicted octanol–water partition coefficient (Wildman–Crippen LogP) is 4.25. The second kappa shape index (κ2) is 11.1. The van der Waals surface area contributed by atoms with E-state index in [2.05, 4.69) is 30.9 Å². The van der Waals surface area contributed by atoms with Crippen LogP contribution in [0.15, 0.2) is 61.3 Å². The molecule has 0 fully saturated rings. The van der Waals surface area contributed by atoms with Crippen molar-refractivity contribution in [2.75, 3.05) is 36.7 Å². The Balaban J connectivity index is 1.32. The van der Waals surface area contributed by atoms with Crippen molar-refractivity contribution >= 4 is 39.7 Å². The van der Waals surface area contributed by atoms with Crippen LogP contribution in [0.1, 0.15) is 16.1 Å². The van der Waals surface area contributed by atoms with E-state index in [1.807, 2.05) is 29.0 Å². The number of nitrogens with zero attached hydrogens (tertiary/aromatic N) is 4. The molecule has 10 nitrogen and oxygen atoms in total. The number of aromatic nitrogens is 4. The Kier molecular flexibility index (Phi) is 7.56. The molecule has 34 heavy (non-hydrogen) atoms. The van der Waals surface area contributed by atoms with Gasteiger partial charge in [-0.05, 0) is 30.7 Å². The lowest BCUT2D eigenvalue weighted by Gasteiger charge is -2.10. The molecule has 0 unspecified atom stereocenters. The van der Waals surface area contributed by atoms with Gasteiger partial charge in [0.1, 0.15) is 28.0 Å². The van der Waals surface area contributed by atoms with Crippen LogP contribution in [-0.2, 0) is 6.54 Å². The third-order valence-electron chi connectivity index (χ3n) is 4.83. The highest BCUT2D eigenvalue weighted by molar-refractivity contribution is 7.17. The lowest BCUT2D eigenvalue weighted by molar-refractivity contribution is 0.103. The first-order chi connectivity index (χ1) is 16.6.